The smallest absolute Gasteiger partial charge is 0.412 e. The maximum absolute atomic E-state index is 12.7. The lowest BCUT2D eigenvalue weighted by Crippen LogP contribution is -2.52. The Labute approximate surface area is 134 Å². The summed E-state index contributed by atoms with van der Waals surface area (Å²) in [7, 11) is 1.79. The highest BCUT2D eigenvalue weighted by Gasteiger charge is 2.53. The van der Waals surface area contributed by atoms with Gasteiger partial charge in [-0.05, 0) is 33.1 Å². The number of carbonyl (C=O) groups excluding carboxylic acids is 2. The average Bonchev–Trinajstić information content (AvgIpc) is 3.07. The van der Waals surface area contributed by atoms with Gasteiger partial charge in [-0.2, -0.15) is 0 Å². The van der Waals surface area contributed by atoms with Gasteiger partial charge in [0.2, 0.25) is 5.91 Å². The Balaban J connectivity index is 2.31. The van der Waals surface area contributed by atoms with Crippen molar-refractivity contribution < 1.29 is 14.3 Å². The van der Waals surface area contributed by atoms with Gasteiger partial charge >= 0.3 is 6.09 Å². The van der Waals surface area contributed by atoms with Gasteiger partial charge in [-0.3, -0.25) is 9.69 Å². The molecule has 5 nitrogen and oxygen atoms in total. The van der Waals surface area contributed by atoms with Gasteiger partial charge < -0.3 is 9.64 Å². The van der Waals surface area contributed by atoms with Crippen LogP contribution in [0, 0.1) is 11.3 Å². The maximum atomic E-state index is 12.7. The highest BCUT2D eigenvalue weighted by atomic mass is 16.6. The first kappa shape index (κ1) is 17.1. The van der Waals surface area contributed by atoms with Crippen LogP contribution in [0.15, 0.2) is 0 Å². The molecule has 1 saturated heterocycles. The molecule has 1 aliphatic carbocycles. The van der Waals surface area contributed by atoms with Crippen molar-refractivity contribution in [1.82, 2.24) is 9.80 Å². The lowest BCUT2D eigenvalue weighted by atomic mass is 9.91. The lowest BCUT2D eigenvalue weighted by Gasteiger charge is -2.39. The molecule has 2 unspecified atom stereocenters. The van der Waals surface area contributed by atoms with Crippen molar-refractivity contribution in [2.45, 2.75) is 78.6 Å². The molecule has 0 spiro atoms. The zero-order valence-electron chi connectivity index (χ0n) is 15.0. The number of hydrogen-bond donors (Lipinski definition) is 0. The number of amides is 2. The van der Waals surface area contributed by atoms with Crippen molar-refractivity contribution in [1.29, 1.82) is 0 Å². The van der Waals surface area contributed by atoms with E-state index in [1.807, 2.05) is 20.8 Å². The molecule has 1 saturated carbocycles. The van der Waals surface area contributed by atoms with Crippen LogP contribution < -0.4 is 0 Å². The van der Waals surface area contributed by atoms with E-state index in [4.69, 9.17) is 4.74 Å². The van der Waals surface area contributed by atoms with Gasteiger partial charge in [0.05, 0.1) is 0 Å². The standard InChI is InChI=1S/C17H30N2O3/c1-16(2,3)14-18(7)13(20)12(10-11-8-9-11)19(14)15(21)22-17(4,5)6/h11-12,14H,8-10H2,1-7H3. The molecule has 0 bridgehead atoms. The largest absolute Gasteiger partial charge is 0.444 e. The molecule has 0 radical (unpaired) electrons. The summed E-state index contributed by atoms with van der Waals surface area (Å²) in [4.78, 5) is 28.8. The second-order valence-corrected chi connectivity index (χ2v) is 8.77. The Kier molecular flexibility index (Phi) is 4.22. The van der Waals surface area contributed by atoms with Crippen LogP contribution in [-0.4, -0.2) is 46.7 Å². The van der Waals surface area contributed by atoms with Crippen LogP contribution in [0.2, 0.25) is 0 Å². The number of nitrogens with zero attached hydrogens (tertiary/aromatic N) is 2. The van der Waals surface area contributed by atoms with Gasteiger partial charge in [-0.25, -0.2) is 4.79 Å². The molecule has 0 aromatic heterocycles. The second-order valence-electron chi connectivity index (χ2n) is 8.77. The monoisotopic (exact) mass is 310 g/mol. The van der Waals surface area contributed by atoms with E-state index in [0.29, 0.717) is 5.92 Å². The molecule has 2 amide bonds. The highest BCUT2D eigenvalue weighted by molar-refractivity contribution is 5.89. The van der Waals surface area contributed by atoms with Gasteiger partial charge in [0.15, 0.2) is 0 Å². The third-order valence-corrected chi connectivity index (χ3v) is 4.23. The molecule has 0 N–H and O–H groups in total. The molecule has 0 aromatic rings. The molecule has 22 heavy (non-hydrogen) atoms. The summed E-state index contributed by atoms with van der Waals surface area (Å²) in [6, 6.07) is -0.378. The summed E-state index contributed by atoms with van der Waals surface area (Å²) in [5.41, 5.74) is -0.784. The molecule has 2 fully saturated rings. The van der Waals surface area contributed by atoms with E-state index < -0.39 is 5.60 Å². The van der Waals surface area contributed by atoms with E-state index in [1.165, 1.54) is 0 Å². The van der Waals surface area contributed by atoms with Crippen LogP contribution in [0.25, 0.3) is 0 Å². The van der Waals surface area contributed by atoms with Gasteiger partial charge in [0.1, 0.15) is 17.8 Å². The van der Waals surface area contributed by atoms with Gasteiger partial charge in [-0.15, -0.1) is 0 Å². The van der Waals surface area contributed by atoms with Crippen molar-refractivity contribution in [2.75, 3.05) is 7.05 Å². The fourth-order valence-corrected chi connectivity index (χ4v) is 3.26. The van der Waals surface area contributed by atoms with Crippen LogP contribution in [0.1, 0.15) is 60.8 Å². The van der Waals surface area contributed by atoms with Gasteiger partial charge in [0.25, 0.3) is 0 Å². The van der Waals surface area contributed by atoms with Crippen LogP contribution >= 0.6 is 0 Å². The molecule has 2 rings (SSSR count). The SMILES string of the molecule is CN1C(=O)C(CC2CC2)N(C(=O)OC(C)(C)C)C1C(C)(C)C. The molecule has 5 heteroatoms. The number of rotatable bonds is 2. The maximum Gasteiger partial charge on any atom is 0.412 e. The number of carbonyl (C=O) groups is 2. The van der Waals surface area contributed by atoms with E-state index in [2.05, 4.69) is 20.8 Å². The normalized spacial score (nSPS) is 26.6. The first-order chi connectivity index (χ1) is 9.92. The van der Waals surface area contributed by atoms with Crippen molar-refractivity contribution >= 4 is 12.0 Å². The molecule has 1 heterocycles. The van der Waals surface area contributed by atoms with Crippen LogP contribution in [-0.2, 0) is 9.53 Å². The first-order valence-corrected chi connectivity index (χ1v) is 8.20. The zero-order valence-corrected chi connectivity index (χ0v) is 15.0. The number of likely N-dealkylation sites (N-methyl/N-ethyl adjacent to an activating group) is 1. The van der Waals surface area contributed by atoms with E-state index in [1.54, 1.807) is 16.8 Å². The Hall–Kier alpha value is -1.26. The van der Waals surface area contributed by atoms with E-state index in [9.17, 15) is 9.59 Å². The molecule has 2 atom stereocenters. The second kappa shape index (κ2) is 5.43. The third-order valence-electron chi connectivity index (χ3n) is 4.23. The summed E-state index contributed by atoms with van der Waals surface area (Å²) in [6.45, 7) is 11.7. The summed E-state index contributed by atoms with van der Waals surface area (Å²) in [6.07, 6.45) is 2.44. The van der Waals surface area contributed by atoms with Crippen molar-refractivity contribution in [3.63, 3.8) is 0 Å². The van der Waals surface area contributed by atoms with E-state index >= 15 is 0 Å². The number of hydrogen-bond acceptors (Lipinski definition) is 3. The Morgan fingerprint density at radius 3 is 2.14 bits per heavy atom. The minimum atomic E-state index is -0.562. The molecule has 0 aromatic carbocycles. The summed E-state index contributed by atoms with van der Waals surface area (Å²) < 4.78 is 5.58. The zero-order chi connectivity index (χ0) is 16.9. The molecular formula is C17H30N2O3. The highest BCUT2D eigenvalue weighted by Crippen LogP contribution is 2.41. The van der Waals surface area contributed by atoms with Crippen molar-refractivity contribution in [2.24, 2.45) is 11.3 Å². The molecular weight excluding hydrogens is 280 g/mol. The fourth-order valence-electron chi connectivity index (χ4n) is 3.26. The molecule has 126 valence electrons. The van der Waals surface area contributed by atoms with Crippen LogP contribution in [0.4, 0.5) is 4.79 Å². The van der Waals surface area contributed by atoms with Crippen molar-refractivity contribution in [3.8, 4) is 0 Å². The summed E-state index contributed by atoms with van der Waals surface area (Å²) in [5, 5.41) is 0. The minimum absolute atomic E-state index is 0.0395. The van der Waals surface area contributed by atoms with Gasteiger partial charge in [-0.1, -0.05) is 33.6 Å². The topological polar surface area (TPSA) is 49.9 Å². The van der Waals surface area contributed by atoms with Crippen LogP contribution in [0.3, 0.4) is 0 Å². The Morgan fingerprint density at radius 2 is 1.73 bits per heavy atom. The molecule has 2 aliphatic rings. The fraction of sp³-hybridized carbons (Fsp3) is 0.882. The minimum Gasteiger partial charge on any atom is -0.444 e. The predicted molar refractivity (Wildman–Crippen MR) is 85.2 cm³/mol. The van der Waals surface area contributed by atoms with E-state index in [0.717, 1.165) is 19.3 Å². The summed E-state index contributed by atoms with van der Waals surface area (Å²) in [5.74, 6) is 0.615. The quantitative estimate of drug-likeness (QED) is 0.787. The Bertz CT molecular complexity index is 458. The predicted octanol–water partition coefficient (Wildman–Crippen LogP) is 3.24. The van der Waals surface area contributed by atoms with Gasteiger partial charge in [0, 0.05) is 12.5 Å². The first-order valence-electron chi connectivity index (χ1n) is 8.20. The lowest BCUT2D eigenvalue weighted by molar-refractivity contribution is -0.130. The number of ether oxygens (including phenoxy) is 1. The van der Waals surface area contributed by atoms with Crippen molar-refractivity contribution in [3.05, 3.63) is 0 Å². The summed E-state index contributed by atoms with van der Waals surface area (Å²) >= 11 is 0. The Morgan fingerprint density at radius 1 is 1.18 bits per heavy atom. The third kappa shape index (κ3) is 3.55. The average molecular weight is 310 g/mol. The molecule has 1 aliphatic heterocycles. The van der Waals surface area contributed by atoms with E-state index in [-0.39, 0.29) is 29.6 Å². The van der Waals surface area contributed by atoms with Crippen LogP contribution in [0.5, 0.6) is 0 Å².